The Labute approximate surface area is 173 Å². The summed E-state index contributed by atoms with van der Waals surface area (Å²) < 4.78 is 0. The van der Waals surface area contributed by atoms with Crippen LogP contribution >= 0.6 is 0 Å². The van der Waals surface area contributed by atoms with Crippen LogP contribution in [-0.2, 0) is 11.2 Å². The first-order chi connectivity index (χ1) is 14.2. The number of rotatable bonds is 7. The predicted molar refractivity (Wildman–Crippen MR) is 120 cm³/mol. The number of benzene rings is 2. The standard InChI is InChI=1S/C25H31N3O/c1-28(21-11-6-3-7-12-21)16-15-26-24(29)17-20-18-27-25-22(13-8-14-23(20)25)19-9-4-2-5-10-19/h2,4-5,8-10,13-14,18,21,27H,3,6-7,11-12,15-17H2,1H3,(H,26,29). The van der Waals surface area contributed by atoms with Crippen LogP contribution in [0.15, 0.2) is 54.7 Å². The smallest absolute Gasteiger partial charge is 0.224 e. The minimum Gasteiger partial charge on any atom is -0.360 e. The van der Waals surface area contributed by atoms with E-state index < -0.39 is 0 Å². The fraction of sp³-hybridized carbons (Fsp3) is 0.400. The number of para-hydroxylation sites is 1. The lowest BCUT2D eigenvalue weighted by Crippen LogP contribution is -2.39. The van der Waals surface area contributed by atoms with E-state index in [1.165, 1.54) is 43.2 Å². The van der Waals surface area contributed by atoms with Gasteiger partial charge in [0.15, 0.2) is 0 Å². The van der Waals surface area contributed by atoms with Crippen LogP contribution in [0.1, 0.15) is 37.7 Å². The Morgan fingerprint density at radius 2 is 1.86 bits per heavy atom. The van der Waals surface area contributed by atoms with Crippen LogP contribution in [0.5, 0.6) is 0 Å². The zero-order chi connectivity index (χ0) is 20.1. The number of hydrogen-bond donors (Lipinski definition) is 2. The van der Waals surface area contributed by atoms with Gasteiger partial charge in [-0.05, 0) is 31.0 Å². The van der Waals surface area contributed by atoms with Gasteiger partial charge in [0.1, 0.15) is 0 Å². The third-order valence-corrected chi connectivity index (χ3v) is 6.22. The molecule has 152 valence electrons. The number of carbonyl (C=O) groups is 1. The molecule has 3 aromatic rings. The second-order valence-electron chi connectivity index (χ2n) is 8.21. The number of likely N-dealkylation sites (N-methyl/N-ethyl adjacent to an activating group) is 1. The highest BCUT2D eigenvalue weighted by molar-refractivity contribution is 5.97. The highest BCUT2D eigenvalue weighted by atomic mass is 16.1. The molecule has 0 spiro atoms. The van der Waals surface area contributed by atoms with E-state index in [9.17, 15) is 4.79 Å². The molecule has 0 unspecified atom stereocenters. The Morgan fingerprint density at radius 1 is 1.07 bits per heavy atom. The molecule has 4 heteroatoms. The van der Waals surface area contributed by atoms with Crippen molar-refractivity contribution in [3.05, 3.63) is 60.3 Å². The van der Waals surface area contributed by atoms with Crippen LogP contribution in [0.4, 0.5) is 0 Å². The van der Waals surface area contributed by atoms with Crippen LogP contribution in [0.3, 0.4) is 0 Å². The monoisotopic (exact) mass is 389 g/mol. The first-order valence-corrected chi connectivity index (χ1v) is 10.8. The number of nitrogens with one attached hydrogen (secondary N) is 2. The molecule has 29 heavy (non-hydrogen) atoms. The Hall–Kier alpha value is -2.59. The predicted octanol–water partition coefficient (Wildman–Crippen LogP) is 4.76. The lowest BCUT2D eigenvalue weighted by atomic mass is 9.94. The summed E-state index contributed by atoms with van der Waals surface area (Å²) in [7, 11) is 2.19. The van der Waals surface area contributed by atoms with Gasteiger partial charge in [-0.1, -0.05) is 67.8 Å². The van der Waals surface area contributed by atoms with Crippen LogP contribution < -0.4 is 5.32 Å². The van der Waals surface area contributed by atoms with E-state index in [0.717, 1.165) is 23.0 Å². The third kappa shape index (κ3) is 4.70. The molecule has 1 fully saturated rings. The topological polar surface area (TPSA) is 48.1 Å². The molecule has 1 heterocycles. The lowest BCUT2D eigenvalue weighted by Gasteiger charge is -2.31. The fourth-order valence-corrected chi connectivity index (χ4v) is 4.53. The molecule has 4 rings (SSSR count). The van der Waals surface area contributed by atoms with Gasteiger partial charge in [0.05, 0.1) is 11.9 Å². The quantitative estimate of drug-likeness (QED) is 0.612. The number of aromatic amines is 1. The van der Waals surface area contributed by atoms with Gasteiger partial charge in [-0.25, -0.2) is 0 Å². The van der Waals surface area contributed by atoms with Crippen molar-refractivity contribution in [1.29, 1.82) is 0 Å². The van der Waals surface area contributed by atoms with E-state index in [4.69, 9.17) is 0 Å². The highest BCUT2D eigenvalue weighted by Crippen LogP contribution is 2.29. The first kappa shape index (κ1) is 19.7. The summed E-state index contributed by atoms with van der Waals surface area (Å²) in [6.07, 6.45) is 9.03. The molecule has 0 bridgehead atoms. The molecular formula is C25H31N3O. The highest BCUT2D eigenvalue weighted by Gasteiger charge is 2.18. The van der Waals surface area contributed by atoms with Gasteiger partial charge in [-0.15, -0.1) is 0 Å². The van der Waals surface area contributed by atoms with E-state index in [2.05, 4.69) is 64.7 Å². The fourth-order valence-electron chi connectivity index (χ4n) is 4.53. The Bertz CT molecular complexity index is 941. The molecule has 1 aromatic heterocycles. The van der Waals surface area contributed by atoms with E-state index in [0.29, 0.717) is 19.0 Å². The van der Waals surface area contributed by atoms with Gasteiger partial charge in [0.25, 0.3) is 0 Å². The van der Waals surface area contributed by atoms with Gasteiger partial charge in [0, 0.05) is 36.3 Å². The molecule has 1 amide bonds. The third-order valence-electron chi connectivity index (χ3n) is 6.22. The largest absolute Gasteiger partial charge is 0.360 e. The molecule has 2 aromatic carbocycles. The summed E-state index contributed by atoms with van der Waals surface area (Å²) >= 11 is 0. The molecule has 0 atom stereocenters. The van der Waals surface area contributed by atoms with Crippen molar-refractivity contribution in [3.8, 4) is 11.1 Å². The Morgan fingerprint density at radius 3 is 2.66 bits per heavy atom. The maximum absolute atomic E-state index is 12.5. The second kappa shape index (κ2) is 9.27. The Kier molecular flexibility index (Phi) is 6.30. The summed E-state index contributed by atoms with van der Waals surface area (Å²) in [6.45, 7) is 1.63. The van der Waals surface area contributed by atoms with Crippen molar-refractivity contribution in [2.45, 2.75) is 44.6 Å². The van der Waals surface area contributed by atoms with Gasteiger partial charge >= 0.3 is 0 Å². The number of hydrogen-bond acceptors (Lipinski definition) is 2. The molecule has 1 aliphatic carbocycles. The summed E-state index contributed by atoms with van der Waals surface area (Å²) in [5.41, 5.74) is 4.50. The molecule has 1 saturated carbocycles. The molecule has 2 N–H and O–H groups in total. The molecule has 0 aliphatic heterocycles. The van der Waals surface area contributed by atoms with E-state index >= 15 is 0 Å². The van der Waals surface area contributed by atoms with E-state index in [1.54, 1.807) is 0 Å². The number of aromatic nitrogens is 1. The van der Waals surface area contributed by atoms with E-state index in [-0.39, 0.29) is 5.91 Å². The molecule has 4 nitrogen and oxygen atoms in total. The van der Waals surface area contributed by atoms with Crippen molar-refractivity contribution in [2.75, 3.05) is 20.1 Å². The minimum atomic E-state index is 0.0908. The second-order valence-corrected chi connectivity index (χ2v) is 8.21. The molecule has 0 saturated heterocycles. The van der Waals surface area contributed by atoms with Gasteiger partial charge in [-0.3, -0.25) is 4.79 Å². The van der Waals surface area contributed by atoms with Crippen LogP contribution in [0.2, 0.25) is 0 Å². The molecular weight excluding hydrogens is 358 g/mol. The summed E-state index contributed by atoms with van der Waals surface area (Å²) in [5, 5.41) is 4.23. The van der Waals surface area contributed by atoms with Gasteiger partial charge in [-0.2, -0.15) is 0 Å². The van der Waals surface area contributed by atoms with Crippen molar-refractivity contribution < 1.29 is 4.79 Å². The van der Waals surface area contributed by atoms with Crippen molar-refractivity contribution in [3.63, 3.8) is 0 Å². The summed E-state index contributed by atoms with van der Waals surface area (Å²) in [5.74, 6) is 0.0908. The molecule has 1 aliphatic rings. The lowest BCUT2D eigenvalue weighted by molar-refractivity contribution is -0.120. The zero-order valence-electron chi connectivity index (χ0n) is 17.3. The van der Waals surface area contributed by atoms with Crippen LogP contribution in [-0.4, -0.2) is 42.0 Å². The average Bonchev–Trinajstić information content (AvgIpc) is 3.17. The van der Waals surface area contributed by atoms with Crippen molar-refractivity contribution in [2.24, 2.45) is 0 Å². The zero-order valence-corrected chi connectivity index (χ0v) is 17.3. The number of carbonyl (C=O) groups excluding carboxylic acids is 1. The minimum absolute atomic E-state index is 0.0908. The van der Waals surface area contributed by atoms with E-state index in [1.807, 2.05) is 12.3 Å². The van der Waals surface area contributed by atoms with Gasteiger partial charge in [0.2, 0.25) is 5.91 Å². The summed E-state index contributed by atoms with van der Waals surface area (Å²) in [6, 6.07) is 17.3. The molecule has 0 radical (unpaired) electrons. The van der Waals surface area contributed by atoms with Crippen LogP contribution in [0.25, 0.3) is 22.0 Å². The SMILES string of the molecule is CN(CCNC(=O)Cc1c[nH]c2c(-c3ccccc3)cccc12)C1CCCCC1. The number of nitrogens with zero attached hydrogens (tertiary/aromatic N) is 1. The first-order valence-electron chi connectivity index (χ1n) is 10.8. The maximum atomic E-state index is 12.5. The summed E-state index contributed by atoms with van der Waals surface area (Å²) in [4.78, 5) is 18.3. The van der Waals surface area contributed by atoms with Crippen molar-refractivity contribution in [1.82, 2.24) is 15.2 Å². The Balaban J connectivity index is 1.36. The van der Waals surface area contributed by atoms with Crippen molar-refractivity contribution >= 4 is 16.8 Å². The number of fused-ring (bicyclic) bond motifs is 1. The van der Waals surface area contributed by atoms with Gasteiger partial charge < -0.3 is 15.2 Å². The maximum Gasteiger partial charge on any atom is 0.224 e. The van der Waals surface area contributed by atoms with Crippen LogP contribution in [0, 0.1) is 0 Å². The normalized spacial score (nSPS) is 15.1. The number of amides is 1. The average molecular weight is 390 g/mol. The number of H-pyrrole nitrogens is 1.